The lowest BCUT2D eigenvalue weighted by Crippen LogP contribution is -2.41. The van der Waals surface area contributed by atoms with Gasteiger partial charge >= 0.3 is 12.3 Å². The van der Waals surface area contributed by atoms with Gasteiger partial charge in [-0.05, 0) is 54.7 Å². The third-order valence-corrected chi connectivity index (χ3v) is 5.81. The summed E-state index contributed by atoms with van der Waals surface area (Å²) < 4.78 is 44.6. The number of benzene rings is 2. The summed E-state index contributed by atoms with van der Waals surface area (Å²) >= 11 is 0. The van der Waals surface area contributed by atoms with Crippen LogP contribution >= 0.6 is 0 Å². The Morgan fingerprint density at radius 1 is 1.09 bits per heavy atom. The second-order valence-corrected chi connectivity index (χ2v) is 10.1. The largest absolute Gasteiger partial charge is 0.465 e. The Kier molecular flexibility index (Phi) is 6.25. The zero-order valence-electron chi connectivity index (χ0n) is 19.7. The number of nitrogens with zero attached hydrogens (tertiary/aromatic N) is 3. The molecule has 0 saturated heterocycles. The summed E-state index contributed by atoms with van der Waals surface area (Å²) in [6.45, 7) is 6.59. The number of carbonyl (C=O) groups is 1. The van der Waals surface area contributed by atoms with E-state index < -0.39 is 23.2 Å². The minimum absolute atomic E-state index is 0.197. The van der Waals surface area contributed by atoms with Gasteiger partial charge in [-0.3, -0.25) is 0 Å². The van der Waals surface area contributed by atoms with Gasteiger partial charge < -0.3 is 19.7 Å². The van der Waals surface area contributed by atoms with E-state index in [9.17, 15) is 23.1 Å². The summed E-state index contributed by atoms with van der Waals surface area (Å²) in [6.07, 6.45) is -3.91. The monoisotopic (exact) mass is 488 g/mol. The number of hydrogen-bond acceptors (Lipinski definition) is 5. The molecular formula is C25H27F3N4O3. The van der Waals surface area contributed by atoms with Crippen molar-refractivity contribution in [3.8, 4) is 11.5 Å². The van der Waals surface area contributed by atoms with E-state index in [1.165, 1.54) is 17.0 Å². The first-order valence-corrected chi connectivity index (χ1v) is 11.2. The van der Waals surface area contributed by atoms with Crippen molar-refractivity contribution in [1.29, 1.82) is 0 Å². The van der Waals surface area contributed by atoms with E-state index in [4.69, 9.17) is 4.42 Å². The second-order valence-electron chi connectivity index (χ2n) is 10.1. The van der Waals surface area contributed by atoms with Gasteiger partial charge in [-0.2, -0.15) is 13.2 Å². The first-order chi connectivity index (χ1) is 16.4. The SMILES string of the molecule is CC(C)(C)CN(CC1(c2nnc(-c3ccccc3Nc3ccc(C(F)(F)F)cc3)o2)CC1)C(=O)O. The molecule has 1 aromatic heterocycles. The first-order valence-electron chi connectivity index (χ1n) is 11.2. The number of para-hydroxylation sites is 1. The van der Waals surface area contributed by atoms with Crippen LogP contribution in [0.2, 0.25) is 0 Å². The van der Waals surface area contributed by atoms with Crippen LogP contribution in [0.15, 0.2) is 52.9 Å². The van der Waals surface area contributed by atoms with Crippen molar-refractivity contribution in [2.24, 2.45) is 5.41 Å². The Hall–Kier alpha value is -3.56. The minimum Gasteiger partial charge on any atom is -0.465 e. The molecule has 1 amide bonds. The number of rotatable bonds is 7. The molecule has 1 saturated carbocycles. The van der Waals surface area contributed by atoms with E-state index in [2.05, 4.69) is 15.5 Å². The van der Waals surface area contributed by atoms with Gasteiger partial charge in [0, 0.05) is 18.8 Å². The minimum atomic E-state index is -4.40. The summed E-state index contributed by atoms with van der Waals surface area (Å²) in [4.78, 5) is 13.2. The summed E-state index contributed by atoms with van der Waals surface area (Å²) in [7, 11) is 0. The van der Waals surface area contributed by atoms with Crippen molar-refractivity contribution in [1.82, 2.24) is 15.1 Å². The van der Waals surface area contributed by atoms with Crippen molar-refractivity contribution in [2.45, 2.75) is 45.2 Å². The molecule has 186 valence electrons. The fourth-order valence-corrected chi connectivity index (χ4v) is 3.94. The molecule has 10 heteroatoms. The van der Waals surface area contributed by atoms with Crippen LogP contribution in [0.1, 0.15) is 45.1 Å². The fourth-order valence-electron chi connectivity index (χ4n) is 3.94. The van der Waals surface area contributed by atoms with Crippen LogP contribution in [0, 0.1) is 5.41 Å². The molecule has 1 aliphatic rings. The van der Waals surface area contributed by atoms with Gasteiger partial charge in [0.2, 0.25) is 11.8 Å². The highest BCUT2D eigenvalue weighted by Crippen LogP contribution is 2.49. The molecule has 0 spiro atoms. The molecule has 0 unspecified atom stereocenters. The van der Waals surface area contributed by atoms with Gasteiger partial charge in [0.15, 0.2) is 0 Å². The van der Waals surface area contributed by atoms with Crippen LogP contribution in [0.3, 0.4) is 0 Å². The molecule has 0 bridgehead atoms. The Bertz CT molecular complexity index is 1200. The van der Waals surface area contributed by atoms with Crippen molar-refractivity contribution in [2.75, 3.05) is 18.4 Å². The zero-order valence-corrected chi connectivity index (χ0v) is 19.7. The molecule has 3 aromatic rings. The summed E-state index contributed by atoms with van der Waals surface area (Å²) in [5, 5.41) is 21.2. The standard InChI is InChI=1S/C25H27F3N4O3/c1-23(2,3)14-32(22(33)34)15-24(12-13-24)21-31-30-20(35-21)18-6-4-5-7-19(18)29-17-10-8-16(9-11-17)25(26,27)28/h4-11,29H,12-15H2,1-3H3,(H,33,34). The molecule has 35 heavy (non-hydrogen) atoms. The highest BCUT2D eigenvalue weighted by atomic mass is 19.4. The van der Waals surface area contributed by atoms with Crippen LogP contribution in [0.4, 0.5) is 29.3 Å². The zero-order chi connectivity index (χ0) is 25.4. The predicted octanol–water partition coefficient (Wildman–Crippen LogP) is 6.56. The van der Waals surface area contributed by atoms with E-state index >= 15 is 0 Å². The molecule has 4 rings (SSSR count). The molecule has 1 heterocycles. The van der Waals surface area contributed by atoms with E-state index in [-0.39, 0.29) is 17.9 Å². The number of halogens is 3. The summed E-state index contributed by atoms with van der Waals surface area (Å²) in [5.74, 6) is 0.635. The Labute approximate surface area is 201 Å². The van der Waals surface area contributed by atoms with Gasteiger partial charge in [0.1, 0.15) is 0 Å². The normalized spacial score (nSPS) is 15.0. The molecule has 0 atom stereocenters. The number of aromatic nitrogens is 2. The van der Waals surface area contributed by atoms with Crippen molar-refractivity contribution >= 4 is 17.5 Å². The van der Waals surface area contributed by atoms with Crippen molar-refractivity contribution in [3.63, 3.8) is 0 Å². The van der Waals surface area contributed by atoms with E-state index in [1.807, 2.05) is 20.8 Å². The summed E-state index contributed by atoms with van der Waals surface area (Å²) in [6, 6.07) is 11.8. The number of carboxylic acid groups (broad SMARTS) is 1. The van der Waals surface area contributed by atoms with E-state index in [1.54, 1.807) is 24.3 Å². The van der Waals surface area contributed by atoms with Crippen LogP contribution in [-0.4, -0.2) is 39.4 Å². The lowest BCUT2D eigenvalue weighted by Gasteiger charge is -2.29. The highest BCUT2D eigenvalue weighted by Gasteiger charge is 2.51. The topological polar surface area (TPSA) is 91.5 Å². The maximum Gasteiger partial charge on any atom is 0.416 e. The van der Waals surface area contributed by atoms with Crippen molar-refractivity contribution in [3.05, 3.63) is 60.0 Å². The lowest BCUT2D eigenvalue weighted by atomic mass is 9.95. The quantitative estimate of drug-likeness (QED) is 0.392. The third-order valence-electron chi connectivity index (χ3n) is 5.81. The molecular weight excluding hydrogens is 461 g/mol. The third kappa shape index (κ3) is 5.75. The molecule has 1 aliphatic carbocycles. The van der Waals surface area contributed by atoms with E-state index in [0.29, 0.717) is 29.4 Å². The van der Waals surface area contributed by atoms with Gasteiger partial charge in [-0.25, -0.2) is 4.79 Å². The molecule has 2 aromatic carbocycles. The summed E-state index contributed by atoms with van der Waals surface area (Å²) in [5.41, 5.74) is 0.221. The van der Waals surface area contributed by atoms with Gasteiger partial charge in [0.05, 0.1) is 22.2 Å². The maximum atomic E-state index is 12.9. The number of hydrogen-bond donors (Lipinski definition) is 2. The van der Waals surface area contributed by atoms with E-state index in [0.717, 1.165) is 25.0 Å². The molecule has 0 radical (unpaired) electrons. The average Bonchev–Trinajstić information content (AvgIpc) is 3.37. The van der Waals surface area contributed by atoms with Gasteiger partial charge in [-0.15, -0.1) is 10.2 Å². The van der Waals surface area contributed by atoms with Crippen LogP contribution in [0.25, 0.3) is 11.5 Å². The second kappa shape index (κ2) is 8.90. The first kappa shape index (κ1) is 24.6. The lowest BCUT2D eigenvalue weighted by molar-refractivity contribution is -0.137. The molecule has 2 N–H and O–H groups in total. The van der Waals surface area contributed by atoms with Crippen LogP contribution < -0.4 is 5.32 Å². The Morgan fingerprint density at radius 2 is 1.74 bits per heavy atom. The molecule has 0 aliphatic heterocycles. The number of nitrogens with one attached hydrogen (secondary N) is 1. The predicted molar refractivity (Wildman–Crippen MR) is 124 cm³/mol. The fraction of sp³-hybridized carbons (Fsp3) is 0.400. The van der Waals surface area contributed by atoms with Gasteiger partial charge in [-0.1, -0.05) is 32.9 Å². The molecule has 1 fully saturated rings. The van der Waals surface area contributed by atoms with Crippen LogP contribution in [-0.2, 0) is 11.6 Å². The smallest absolute Gasteiger partial charge is 0.416 e. The highest BCUT2D eigenvalue weighted by molar-refractivity contribution is 5.76. The average molecular weight is 489 g/mol. The number of alkyl halides is 3. The Balaban J connectivity index is 1.55. The number of amides is 1. The maximum absolute atomic E-state index is 12.9. The van der Waals surface area contributed by atoms with Crippen LogP contribution in [0.5, 0.6) is 0 Å². The Morgan fingerprint density at radius 3 is 2.31 bits per heavy atom. The number of anilines is 2. The molecule has 7 nitrogen and oxygen atoms in total. The van der Waals surface area contributed by atoms with Gasteiger partial charge in [0.25, 0.3) is 0 Å². The van der Waals surface area contributed by atoms with Crippen molar-refractivity contribution < 1.29 is 27.5 Å².